The fourth-order valence-corrected chi connectivity index (χ4v) is 1.55. The van der Waals surface area contributed by atoms with Gasteiger partial charge in [-0.2, -0.15) is 0 Å². The SMILES string of the molecule is CC(C)NCCCCn1cc(Cl)cnc1=O. The molecule has 0 saturated heterocycles. The van der Waals surface area contributed by atoms with Gasteiger partial charge in [0.15, 0.2) is 0 Å². The van der Waals surface area contributed by atoms with Crippen LogP contribution in [0.3, 0.4) is 0 Å². The highest BCUT2D eigenvalue weighted by molar-refractivity contribution is 6.30. The Morgan fingerprint density at radius 2 is 2.25 bits per heavy atom. The minimum atomic E-state index is -0.235. The average Bonchev–Trinajstić information content (AvgIpc) is 2.22. The molecule has 0 radical (unpaired) electrons. The second kappa shape index (κ2) is 6.66. The predicted octanol–water partition coefficient (Wildman–Crippen LogP) is 1.67. The van der Waals surface area contributed by atoms with E-state index in [1.54, 1.807) is 10.8 Å². The van der Waals surface area contributed by atoms with Gasteiger partial charge in [-0.15, -0.1) is 0 Å². The molecule has 0 atom stereocenters. The van der Waals surface area contributed by atoms with Gasteiger partial charge in [-0.25, -0.2) is 9.78 Å². The maximum Gasteiger partial charge on any atom is 0.347 e. The number of nitrogens with one attached hydrogen (secondary N) is 1. The van der Waals surface area contributed by atoms with E-state index >= 15 is 0 Å². The van der Waals surface area contributed by atoms with E-state index in [1.807, 2.05) is 0 Å². The number of rotatable bonds is 6. The van der Waals surface area contributed by atoms with Crippen molar-refractivity contribution in [2.45, 2.75) is 39.3 Å². The fraction of sp³-hybridized carbons (Fsp3) is 0.636. The third-order valence-corrected chi connectivity index (χ3v) is 2.40. The van der Waals surface area contributed by atoms with Crippen molar-refractivity contribution in [1.29, 1.82) is 0 Å². The fourth-order valence-electron chi connectivity index (χ4n) is 1.39. The van der Waals surface area contributed by atoms with Gasteiger partial charge in [0.2, 0.25) is 0 Å². The molecule has 1 aromatic heterocycles. The number of aromatic nitrogens is 2. The van der Waals surface area contributed by atoms with Gasteiger partial charge in [-0.05, 0) is 19.4 Å². The molecule has 1 aromatic rings. The van der Waals surface area contributed by atoms with Crippen LogP contribution in [0.2, 0.25) is 5.02 Å². The zero-order valence-corrected chi connectivity index (χ0v) is 10.5. The first-order valence-electron chi connectivity index (χ1n) is 5.55. The Hall–Kier alpha value is -0.870. The van der Waals surface area contributed by atoms with Crippen molar-refractivity contribution in [3.05, 3.63) is 27.9 Å². The van der Waals surface area contributed by atoms with Gasteiger partial charge < -0.3 is 5.32 Å². The molecule has 0 aromatic carbocycles. The van der Waals surface area contributed by atoms with E-state index in [-0.39, 0.29) is 5.69 Å². The molecule has 0 unspecified atom stereocenters. The summed E-state index contributed by atoms with van der Waals surface area (Å²) in [6.45, 7) is 5.88. The van der Waals surface area contributed by atoms with Crippen LogP contribution in [-0.4, -0.2) is 22.1 Å². The van der Waals surface area contributed by atoms with Crippen molar-refractivity contribution in [2.75, 3.05) is 6.54 Å². The maximum atomic E-state index is 11.3. The van der Waals surface area contributed by atoms with Crippen molar-refractivity contribution in [2.24, 2.45) is 0 Å². The van der Waals surface area contributed by atoms with Crippen LogP contribution in [-0.2, 0) is 6.54 Å². The zero-order chi connectivity index (χ0) is 12.0. The molecule has 0 aliphatic heterocycles. The van der Waals surface area contributed by atoms with Crippen LogP contribution in [0.25, 0.3) is 0 Å². The number of unbranched alkanes of at least 4 members (excludes halogenated alkanes) is 1. The number of hydrogen-bond acceptors (Lipinski definition) is 3. The van der Waals surface area contributed by atoms with E-state index in [1.165, 1.54) is 6.20 Å². The Balaban J connectivity index is 2.32. The summed E-state index contributed by atoms with van der Waals surface area (Å²) in [5, 5.41) is 3.83. The Kier molecular flexibility index (Phi) is 5.49. The number of halogens is 1. The van der Waals surface area contributed by atoms with Crippen molar-refractivity contribution in [3.8, 4) is 0 Å². The molecule has 1 heterocycles. The zero-order valence-electron chi connectivity index (χ0n) is 9.74. The van der Waals surface area contributed by atoms with E-state index < -0.39 is 0 Å². The molecule has 90 valence electrons. The molecular formula is C11H18ClN3O. The first-order valence-corrected chi connectivity index (χ1v) is 5.93. The Labute approximate surface area is 101 Å². The largest absolute Gasteiger partial charge is 0.347 e. The van der Waals surface area contributed by atoms with Crippen LogP contribution in [0.15, 0.2) is 17.2 Å². The van der Waals surface area contributed by atoms with E-state index in [0.29, 0.717) is 17.6 Å². The highest BCUT2D eigenvalue weighted by Crippen LogP contribution is 2.02. The van der Waals surface area contributed by atoms with Crippen molar-refractivity contribution < 1.29 is 0 Å². The first kappa shape index (κ1) is 13.2. The topological polar surface area (TPSA) is 46.9 Å². The lowest BCUT2D eigenvalue weighted by Crippen LogP contribution is -2.25. The highest BCUT2D eigenvalue weighted by atomic mass is 35.5. The van der Waals surface area contributed by atoms with Crippen LogP contribution < -0.4 is 11.0 Å². The highest BCUT2D eigenvalue weighted by Gasteiger charge is 1.98. The van der Waals surface area contributed by atoms with E-state index in [4.69, 9.17) is 11.6 Å². The molecule has 0 saturated carbocycles. The molecule has 0 aliphatic rings. The minimum Gasteiger partial charge on any atom is -0.315 e. The summed E-state index contributed by atoms with van der Waals surface area (Å²) in [7, 11) is 0. The van der Waals surface area contributed by atoms with Gasteiger partial charge in [-0.1, -0.05) is 25.4 Å². The first-order chi connectivity index (χ1) is 7.59. The lowest BCUT2D eigenvalue weighted by molar-refractivity contribution is 0.523. The van der Waals surface area contributed by atoms with Gasteiger partial charge in [0.05, 0.1) is 11.2 Å². The van der Waals surface area contributed by atoms with Crippen molar-refractivity contribution in [3.63, 3.8) is 0 Å². The molecule has 0 spiro atoms. The minimum absolute atomic E-state index is 0.235. The van der Waals surface area contributed by atoms with Crippen molar-refractivity contribution >= 4 is 11.6 Å². The van der Waals surface area contributed by atoms with Crippen LogP contribution in [0.4, 0.5) is 0 Å². The Morgan fingerprint density at radius 1 is 1.50 bits per heavy atom. The molecule has 1 N–H and O–H groups in total. The summed E-state index contributed by atoms with van der Waals surface area (Å²) in [6, 6.07) is 0.510. The van der Waals surface area contributed by atoms with E-state index in [9.17, 15) is 4.79 Å². The molecular weight excluding hydrogens is 226 g/mol. The number of aryl methyl sites for hydroxylation is 1. The molecule has 1 rings (SSSR count). The monoisotopic (exact) mass is 243 g/mol. The van der Waals surface area contributed by atoms with Crippen LogP contribution in [0.5, 0.6) is 0 Å². The number of hydrogen-bond donors (Lipinski definition) is 1. The standard InChI is InChI=1S/C11H18ClN3O/c1-9(2)13-5-3-4-6-15-8-10(12)7-14-11(15)16/h7-9,13H,3-6H2,1-2H3. The summed E-state index contributed by atoms with van der Waals surface area (Å²) in [4.78, 5) is 15.0. The molecule has 0 fully saturated rings. The summed E-state index contributed by atoms with van der Waals surface area (Å²) < 4.78 is 1.55. The smallest absolute Gasteiger partial charge is 0.315 e. The van der Waals surface area contributed by atoms with Gasteiger partial charge in [0, 0.05) is 18.8 Å². The lowest BCUT2D eigenvalue weighted by Gasteiger charge is -2.08. The Bertz CT molecular complexity index is 376. The maximum absolute atomic E-state index is 11.3. The summed E-state index contributed by atoms with van der Waals surface area (Å²) in [5.41, 5.74) is -0.235. The average molecular weight is 244 g/mol. The van der Waals surface area contributed by atoms with Crippen LogP contribution in [0, 0.1) is 0 Å². The van der Waals surface area contributed by atoms with Crippen LogP contribution in [0.1, 0.15) is 26.7 Å². The lowest BCUT2D eigenvalue weighted by atomic mass is 10.3. The van der Waals surface area contributed by atoms with E-state index in [2.05, 4.69) is 24.1 Å². The van der Waals surface area contributed by atoms with E-state index in [0.717, 1.165) is 19.4 Å². The number of nitrogens with zero attached hydrogens (tertiary/aromatic N) is 2. The second-order valence-corrected chi connectivity index (χ2v) is 4.50. The summed E-state index contributed by atoms with van der Waals surface area (Å²) in [6.07, 6.45) is 4.99. The van der Waals surface area contributed by atoms with Gasteiger partial charge >= 0.3 is 5.69 Å². The third-order valence-electron chi connectivity index (χ3n) is 2.20. The molecule has 0 bridgehead atoms. The molecule has 5 heteroatoms. The summed E-state index contributed by atoms with van der Waals surface area (Å²) in [5.74, 6) is 0. The van der Waals surface area contributed by atoms with Crippen molar-refractivity contribution in [1.82, 2.24) is 14.9 Å². The molecule has 4 nitrogen and oxygen atoms in total. The second-order valence-electron chi connectivity index (χ2n) is 4.06. The molecule has 0 amide bonds. The van der Waals surface area contributed by atoms with Crippen LogP contribution >= 0.6 is 11.6 Å². The van der Waals surface area contributed by atoms with Gasteiger partial charge in [0.25, 0.3) is 0 Å². The Morgan fingerprint density at radius 3 is 2.94 bits per heavy atom. The third kappa shape index (κ3) is 4.77. The predicted molar refractivity (Wildman–Crippen MR) is 65.9 cm³/mol. The normalized spacial score (nSPS) is 11.0. The molecule has 0 aliphatic carbocycles. The molecule has 16 heavy (non-hydrogen) atoms. The summed E-state index contributed by atoms with van der Waals surface area (Å²) >= 11 is 5.76. The quantitative estimate of drug-likeness (QED) is 0.774. The van der Waals surface area contributed by atoms with Gasteiger partial charge in [0.1, 0.15) is 0 Å². The van der Waals surface area contributed by atoms with Gasteiger partial charge in [-0.3, -0.25) is 4.57 Å².